The average molecular weight is 273 g/mol. The molecule has 2 heterocycles. The molecule has 1 aromatic carbocycles. The number of carbonyl (C=O) groups excluding carboxylic acids is 1. The molecule has 0 radical (unpaired) electrons. The van der Waals surface area contributed by atoms with Crippen molar-refractivity contribution in [3.05, 3.63) is 35.6 Å². The molecular formula is C16H19NO3. The average Bonchev–Trinajstić information content (AvgIpc) is 2.74. The van der Waals surface area contributed by atoms with Crippen LogP contribution in [0.2, 0.25) is 0 Å². The van der Waals surface area contributed by atoms with Gasteiger partial charge in [-0.2, -0.15) is 0 Å². The molecule has 106 valence electrons. The van der Waals surface area contributed by atoms with Crippen LogP contribution in [0, 0.1) is 0 Å². The Labute approximate surface area is 118 Å². The molecule has 4 nitrogen and oxygen atoms in total. The lowest BCUT2D eigenvalue weighted by Crippen LogP contribution is -2.39. The van der Waals surface area contributed by atoms with Crippen LogP contribution in [0.15, 0.2) is 28.7 Å². The van der Waals surface area contributed by atoms with Crippen molar-refractivity contribution >= 4 is 17.1 Å². The molecule has 0 N–H and O–H groups in total. The molecule has 3 rings (SSSR count). The van der Waals surface area contributed by atoms with E-state index in [1.807, 2.05) is 39.0 Å². The monoisotopic (exact) mass is 273 g/mol. The Morgan fingerprint density at radius 3 is 2.80 bits per heavy atom. The summed E-state index contributed by atoms with van der Waals surface area (Å²) >= 11 is 0. The summed E-state index contributed by atoms with van der Waals surface area (Å²) in [5.41, 5.74) is 1.65. The highest BCUT2D eigenvalue weighted by molar-refractivity contribution is 5.83. The first-order chi connectivity index (χ1) is 9.44. The van der Waals surface area contributed by atoms with Gasteiger partial charge in [-0.15, -0.1) is 0 Å². The predicted octanol–water partition coefficient (Wildman–Crippen LogP) is 3.73. The molecule has 0 saturated heterocycles. The third-order valence-corrected chi connectivity index (χ3v) is 3.40. The van der Waals surface area contributed by atoms with Crippen molar-refractivity contribution in [1.29, 1.82) is 0 Å². The van der Waals surface area contributed by atoms with Gasteiger partial charge in [-0.25, -0.2) is 4.79 Å². The van der Waals surface area contributed by atoms with E-state index < -0.39 is 5.60 Å². The number of fused-ring (bicyclic) bond motifs is 3. The lowest BCUT2D eigenvalue weighted by atomic mass is 10.0. The van der Waals surface area contributed by atoms with Crippen LogP contribution in [-0.4, -0.2) is 23.1 Å². The lowest BCUT2D eigenvalue weighted by Gasteiger charge is -2.29. The number of hydrogen-bond acceptors (Lipinski definition) is 3. The van der Waals surface area contributed by atoms with E-state index in [1.54, 1.807) is 4.90 Å². The molecule has 4 heteroatoms. The van der Waals surface area contributed by atoms with E-state index in [-0.39, 0.29) is 6.09 Å². The van der Waals surface area contributed by atoms with Crippen LogP contribution in [0.5, 0.6) is 0 Å². The maximum Gasteiger partial charge on any atom is 0.410 e. The van der Waals surface area contributed by atoms with E-state index in [2.05, 4.69) is 6.07 Å². The van der Waals surface area contributed by atoms with Gasteiger partial charge in [0.1, 0.15) is 16.9 Å². The number of carbonyl (C=O) groups is 1. The number of ether oxygens (including phenoxy) is 1. The van der Waals surface area contributed by atoms with Gasteiger partial charge in [-0.05, 0) is 33.3 Å². The van der Waals surface area contributed by atoms with Crippen molar-refractivity contribution in [2.75, 3.05) is 6.54 Å². The van der Waals surface area contributed by atoms with E-state index in [4.69, 9.17) is 9.15 Å². The summed E-state index contributed by atoms with van der Waals surface area (Å²) < 4.78 is 11.3. The number of nitrogens with zero attached hydrogens (tertiary/aromatic N) is 1. The zero-order valence-electron chi connectivity index (χ0n) is 12.1. The first-order valence-electron chi connectivity index (χ1n) is 6.91. The molecule has 1 aliphatic rings. The zero-order chi connectivity index (χ0) is 14.3. The van der Waals surface area contributed by atoms with E-state index in [9.17, 15) is 4.79 Å². The van der Waals surface area contributed by atoms with Gasteiger partial charge in [0.2, 0.25) is 0 Å². The molecule has 2 aromatic rings. The molecule has 1 aromatic heterocycles. The first-order valence-corrected chi connectivity index (χ1v) is 6.91. The molecule has 0 saturated carbocycles. The quantitative estimate of drug-likeness (QED) is 0.734. The van der Waals surface area contributed by atoms with Crippen LogP contribution in [0.25, 0.3) is 11.0 Å². The summed E-state index contributed by atoms with van der Waals surface area (Å²) in [7, 11) is 0. The van der Waals surface area contributed by atoms with Gasteiger partial charge in [-0.1, -0.05) is 18.2 Å². The SMILES string of the molecule is CC(C)(C)OC(=O)N1CCc2c(oc3ccccc23)C1. The second-order valence-corrected chi connectivity index (χ2v) is 6.15. The molecule has 1 aliphatic heterocycles. The molecule has 20 heavy (non-hydrogen) atoms. The smallest absolute Gasteiger partial charge is 0.410 e. The summed E-state index contributed by atoms with van der Waals surface area (Å²) in [6.07, 6.45) is 0.537. The minimum Gasteiger partial charge on any atom is -0.459 e. The largest absolute Gasteiger partial charge is 0.459 e. The highest BCUT2D eigenvalue weighted by Gasteiger charge is 2.28. The predicted molar refractivity (Wildman–Crippen MR) is 76.6 cm³/mol. The van der Waals surface area contributed by atoms with Crippen molar-refractivity contribution < 1.29 is 13.9 Å². The van der Waals surface area contributed by atoms with Crippen molar-refractivity contribution in [1.82, 2.24) is 4.90 Å². The van der Waals surface area contributed by atoms with Crippen molar-refractivity contribution in [3.63, 3.8) is 0 Å². The third-order valence-electron chi connectivity index (χ3n) is 3.40. The number of para-hydroxylation sites is 1. The van der Waals surface area contributed by atoms with E-state index in [0.717, 1.165) is 23.2 Å². The lowest BCUT2D eigenvalue weighted by molar-refractivity contribution is 0.0210. The van der Waals surface area contributed by atoms with Crippen molar-refractivity contribution in [3.8, 4) is 0 Å². The highest BCUT2D eigenvalue weighted by atomic mass is 16.6. The minimum atomic E-state index is -0.467. The normalized spacial score (nSPS) is 15.2. The molecular weight excluding hydrogens is 254 g/mol. The summed E-state index contributed by atoms with van der Waals surface area (Å²) in [5.74, 6) is 0.878. The summed E-state index contributed by atoms with van der Waals surface area (Å²) in [5, 5.41) is 1.16. The molecule has 1 amide bonds. The van der Waals surface area contributed by atoms with Gasteiger partial charge in [0, 0.05) is 17.5 Å². The first kappa shape index (κ1) is 13.0. The van der Waals surface area contributed by atoms with Crippen molar-refractivity contribution in [2.45, 2.75) is 39.3 Å². The maximum atomic E-state index is 12.1. The maximum absolute atomic E-state index is 12.1. The van der Waals surface area contributed by atoms with Gasteiger partial charge >= 0.3 is 6.09 Å². The van der Waals surface area contributed by atoms with Gasteiger partial charge in [0.05, 0.1) is 6.54 Å². The number of hydrogen-bond donors (Lipinski definition) is 0. The number of benzene rings is 1. The summed E-state index contributed by atoms with van der Waals surface area (Å²) in [6.45, 7) is 6.79. The Hall–Kier alpha value is -1.97. The van der Waals surface area contributed by atoms with Gasteiger partial charge in [0.25, 0.3) is 0 Å². The zero-order valence-corrected chi connectivity index (χ0v) is 12.1. The standard InChI is InChI=1S/C16H19NO3/c1-16(2,3)20-15(18)17-9-8-12-11-6-4-5-7-13(11)19-14(12)10-17/h4-7H,8-10H2,1-3H3. The Kier molecular flexibility index (Phi) is 2.96. The molecule has 0 fully saturated rings. The van der Waals surface area contributed by atoms with Gasteiger partial charge in [-0.3, -0.25) is 0 Å². The van der Waals surface area contributed by atoms with Gasteiger partial charge < -0.3 is 14.1 Å². The van der Waals surface area contributed by atoms with Crippen LogP contribution in [0.1, 0.15) is 32.1 Å². The molecule has 0 aliphatic carbocycles. The summed E-state index contributed by atoms with van der Waals surface area (Å²) in [4.78, 5) is 13.8. The Balaban J connectivity index is 1.84. The van der Waals surface area contributed by atoms with Crippen LogP contribution < -0.4 is 0 Å². The van der Waals surface area contributed by atoms with E-state index in [0.29, 0.717) is 13.1 Å². The van der Waals surface area contributed by atoms with Gasteiger partial charge in [0.15, 0.2) is 0 Å². The second-order valence-electron chi connectivity index (χ2n) is 6.15. The van der Waals surface area contributed by atoms with Crippen LogP contribution >= 0.6 is 0 Å². The Morgan fingerprint density at radius 2 is 2.05 bits per heavy atom. The fourth-order valence-electron chi connectivity index (χ4n) is 2.53. The molecule has 0 unspecified atom stereocenters. The van der Waals surface area contributed by atoms with Crippen LogP contribution in [0.3, 0.4) is 0 Å². The second kappa shape index (κ2) is 4.54. The minimum absolute atomic E-state index is 0.274. The fraction of sp³-hybridized carbons (Fsp3) is 0.438. The van der Waals surface area contributed by atoms with E-state index >= 15 is 0 Å². The number of amides is 1. The number of rotatable bonds is 0. The summed E-state index contributed by atoms with van der Waals surface area (Å²) in [6, 6.07) is 8.01. The van der Waals surface area contributed by atoms with Crippen LogP contribution in [-0.2, 0) is 17.7 Å². The number of furan rings is 1. The topological polar surface area (TPSA) is 42.7 Å². The third kappa shape index (κ3) is 2.38. The molecule has 0 atom stereocenters. The van der Waals surface area contributed by atoms with E-state index in [1.165, 1.54) is 5.56 Å². The molecule has 0 spiro atoms. The fourth-order valence-corrected chi connectivity index (χ4v) is 2.53. The Morgan fingerprint density at radius 1 is 1.30 bits per heavy atom. The molecule has 0 bridgehead atoms. The van der Waals surface area contributed by atoms with Crippen molar-refractivity contribution in [2.24, 2.45) is 0 Å². The van der Waals surface area contributed by atoms with Crippen LogP contribution in [0.4, 0.5) is 4.79 Å². The highest BCUT2D eigenvalue weighted by Crippen LogP contribution is 2.30. The Bertz CT molecular complexity index is 651.